The highest BCUT2D eigenvalue weighted by Crippen LogP contribution is 2.37. The first-order valence-corrected chi connectivity index (χ1v) is 12.1. The minimum Gasteiger partial charge on any atom is -0.465 e. The highest BCUT2D eigenvalue weighted by Gasteiger charge is 2.34. The number of halogens is 3. The first kappa shape index (κ1) is 26.8. The van der Waals surface area contributed by atoms with Gasteiger partial charge < -0.3 is 19.4 Å². The van der Waals surface area contributed by atoms with Crippen LogP contribution in [0, 0.1) is 17.5 Å². The van der Waals surface area contributed by atoms with Crippen molar-refractivity contribution < 1.29 is 27.4 Å². The Bertz CT molecular complexity index is 1540. The van der Waals surface area contributed by atoms with E-state index in [-0.39, 0.29) is 29.1 Å². The Hall–Kier alpha value is -4.27. The number of rotatable bonds is 9. The third kappa shape index (κ3) is 5.22. The van der Waals surface area contributed by atoms with Gasteiger partial charge in [0, 0.05) is 36.5 Å². The van der Waals surface area contributed by atoms with Crippen LogP contribution >= 0.6 is 0 Å². The van der Waals surface area contributed by atoms with E-state index in [1.165, 1.54) is 31.3 Å². The number of nitrogens with zero attached hydrogens (tertiary/aromatic N) is 1. The molecule has 2 aromatic carbocycles. The molecule has 0 bridgehead atoms. The summed E-state index contributed by atoms with van der Waals surface area (Å²) in [4.78, 5) is 21.9. The number of imidazole rings is 1. The van der Waals surface area contributed by atoms with Crippen LogP contribution in [0.3, 0.4) is 0 Å². The summed E-state index contributed by atoms with van der Waals surface area (Å²) in [6, 6.07) is 6.34. The highest BCUT2D eigenvalue weighted by atomic mass is 19.1. The number of allylic oxidation sites excluding steroid dienone is 3. The minimum absolute atomic E-state index is 0.0249. The highest BCUT2D eigenvalue weighted by molar-refractivity contribution is 5.82. The van der Waals surface area contributed by atoms with Gasteiger partial charge in [-0.15, -0.1) is 0 Å². The molecule has 1 atom stereocenters. The Balaban J connectivity index is 1.72. The van der Waals surface area contributed by atoms with E-state index in [9.17, 15) is 18.0 Å². The molecule has 0 radical (unpaired) electrons. The van der Waals surface area contributed by atoms with Gasteiger partial charge in [0.05, 0.1) is 16.5 Å². The second-order valence-corrected chi connectivity index (χ2v) is 9.01. The topological polar surface area (TPSA) is 80.0 Å². The molecule has 0 amide bonds. The van der Waals surface area contributed by atoms with Crippen molar-refractivity contribution in [2.45, 2.75) is 39.5 Å². The van der Waals surface area contributed by atoms with Gasteiger partial charge in [0.15, 0.2) is 17.4 Å². The maximum atomic E-state index is 14.9. The fraction of sp³-hybridized carbons (Fsp3) is 0.241. The average Bonchev–Trinajstić information content (AvgIpc) is 3.57. The van der Waals surface area contributed by atoms with Crippen LogP contribution in [0.4, 0.5) is 13.2 Å². The van der Waals surface area contributed by atoms with Gasteiger partial charge in [-0.05, 0) is 44.5 Å². The first-order valence-electron chi connectivity index (χ1n) is 12.1. The van der Waals surface area contributed by atoms with E-state index < -0.39 is 34.6 Å². The lowest BCUT2D eigenvalue weighted by molar-refractivity contribution is -0.142. The molecule has 0 aliphatic heterocycles. The van der Waals surface area contributed by atoms with Crippen LogP contribution in [0.2, 0.25) is 0 Å². The van der Waals surface area contributed by atoms with E-state index in [4.69, 9.17) is 9.47 Å². The predicted octanol–water partition coefficient (Wildman–Crippen LogP) is 7.50. The molecule has 4 aromatic rings. The molecular formula is C29H28F3N3O3. The van der Waals surface area contributed by atoms with Gasteiger partial charge in [-0.25, -0.2) is 18.2 Å². The second kappa shape index (κ2) is 11.0. The summed E-state index contributed by atoms with van der Waals surface area (Å²) in [5, 5.41) is 0.171. The molecule has 1 unspecified atom stereocenters. The number of benzene rings is 2. The van der Waals surface area contributed by atoms with Crippen LogP contribution in [-0.4, -0.2) is 27.5 Å². The maximum Gasteiger partial charge on any atom is 0.302 e. The molecule has 0 fully saturated rings. The summed E-state index contributed by atoms with van der Waals surface area (Å²) in [7, 11) is 0. The Kier molecular flexibility index (Phi) is 7.75. The van der Waals surface area contributed by atoms with Gasteiger partial charge in [0.1, 0.15) is 24.0 Å². The Morgan fingerprint density at radius 1 is 1.16 bits per heavy atom. The van der Waals surface area contributed by atoms with Crippen LogP contribution in [-0.2, 0) is 14.9 Å². The number of esters is 1. The third-order valence-electron chi connectivity index (χ3n) is 6.43. The first-order chi connectivity index (χ1) is 18.2. The van der Waals surface area contributed by atoms with E-state index in [1.807, 2.05) is 39.0 Å². The minimum atomic E-state index is -0.898. The second-order valence-electron chi connectivity index (χ2n) is 9.01. The standard InChI is InChI=1S/C29H28F3N3O3/c1-5-7-8-18(6-2)29(4,16-37-17(3)36)25-15-34-28(35-25)21-13-19(9-10-22(21)30)38-27-23(31)14-24-20(26(27)32)11-12-33-24/h5,7-15,33H,6,16H2,1-4H3,(H,34,35)/b7-5-,18-8+. The van der Waals surface area contributed by atoms with E-state index in [1.54, 1.807) is 6.20 Å². The molecule has 198 valence electrons. The molecule has 0 saturated heterocycles. The molecule has 0 saturated carbocycles. The van der Waals surface area contributed by atoms with Crippen LogP contribution in [0.15, 0.2) is 66.5 Å². The quantitative estimate of drug-likeness (QED) is 0.176. The molecule has 9 heteroatoms. The SMILES string of the molecule is C/C=C\C=C(/CC)C(C)(COC(C)=O)c1cnc(-c2cc(Oc3c(F)cc4[nH]ccc4c3F)ccc2F)[nH]1. The molecular weight excluding hydrogens is 495 g/mol. The number of aromatic nitrogens is 3. The van der Waals surface area contributed by atoms with Crippen molar-refractivity contribution in [3.05, 3.63) is 89.7 Å². The number of aromatic amines is 2. The Morgan fingerprint density at radius 2 is 1.95 bits per heavy atom. The predicted molar refractivity (Wildman–Crippen MR) is 139 cm³/mol. The van der Waals surface area contributed by atoms with Crippen LogP contribution in [0.1, 0.15) is 39.8 Å². The zero-order valence-corrected chi connectivity index (χ0v) is 21.5. The number of hydrogen-bond acceptors (Lipinski definition) is 4. The van der Waals surface area contributed by atoms with Crippen molar-refractivity contribution in [1.82, 2.24) is 15.0 Å². The smallest absolute Gasteiger partial charge is 0.302 e. The molecule has 38 heavy (non-hydrogen) atoms. The van der Waals surface area contributed by atoms with E-state index in [0.717, 1.165) is 17.7 Å². The number of fused-ring (bicyclic) bond motifs is 1. The lowest BCUT2D eigenvalue weighted by Gasteiger charge is -2.30. The summed E-state index contributed by atoms with van der Waals surface area (Å²) in [5.74, 6) is -3.19. The van der Waals surface area contributed by atoms with Gasteiger partial charge in [-0.2, -0.15) is 0 Å². The van der Waals surface area contributed by atoms with Crippen molar-refractivity contribution in [1.29, 1.82) is 0 Å². The van der Waals surface area contributed by atoms with E-state index in [0.29, 0.717) is 17.6 Å². The van der Waals surface area contributed by atoms with E-state index >= 15 is 0 Å². The normalized spacial score (nSPS) is 13.7. The van der Waals surface area contributed by atoms with Crippen molar-refractivity contribution >= 4 is 16.9 Å². The van der Waals surface area contributed by atoms with Gasteiger partial charge in [0.2, 0.25) is 0 Å². The van der Waals surface area contributed by atoms with Crippen LogP contribution in [0.5, 0.6) is 11.5 Å². The Labute approximate surface area is 218 Å². The zero-order valence-electron chi connectivity index (χ0n) is 21.5. The molecule has 0 spiro atoms. The number of carbonyl (C=O) groups excluding carboxylic acids is 1. The van der Waals surface area contributed by atoms with Crippen molar-refractivity contribution in [3.8, 4) is 22.9 Å². The largest absolute Gasteiger partial charge is 0.465 e. The molecule has 4 rings (SSSR count). The van der Waals surface area contributed by atoms with Crippen LogP contribution in [0.25, 0.3) is 22.3 Å². The third-order valence-corrected chi connectivity index (χ3v) is 6.43. The molecule has 6 nitrogen and oxygen atoms in total. The average molecular weight is 524 g/mol. The van der Waals surface area contributed by atoms with E-state index in [2.05, 4.69) is 15.0 Å². The lowest BCUT2D eigenvalue weighted by atomic mass is 9.78. The monoisotopic (exact) mass is 523 g/mol. The summed E-state index contributed by atoms with van der Waals surface area (Å²) in [6.45, 7) is 7.17. The fourth-order valence-corrected chi connectivity index (χ4v) is 4.31. The molecule has 2 N–H and O–H groups in total. The zero-order chi connectivity index (χ0) is 27.4. The summed E-state index contributed by atoms with van der Waals surface area (Å²) in [5.41, 5.74) is 1.14. The fourth-order valence-electron chi connectivity index (χ4n) is 4.31. The van der Waals surface area contributed by atoms with Gasteiger partial charge >= 0.3 is 5.97 Å². The van der Waals surface area contributed by atoms with Crippen molar-refractivity contribution in [3.63, 3.8) is 0 Å². The van der Waals surface area contributed by atoms with Crippen LogP contribution < -0.4 is 4.74 Å². The van der Waals surface area contributed by atoms with Gasteiger partial charge in [-0.1, -0.05) is 30.7 Å². The molecule has 2 aromatic heterocycles. The summed E-state index contributed by atoms with van der Waals surface area (Å²) < 4.78 is 55.3. The number of nitrogens with one attached hydrogen (secondary N) is 2. The lowest BCUT2D eigenvalue weighted by Crippen LogP contribution is -2.32. The maximum absolute atomic E-state index is 14.9. The number of hydrogen-bond donors (Lipinski definition) is 2. The van der Waals surface area contributed by atoms with Gasteiger partial charge in [0.25, 0.3) is 0 Å². The number of H-pyrrole nitrogens is 2. The van der Waals surface area contributed by atoms with Crippen molar-refractivity contribution in [2.75, 3.05) is 6.61 Å². The number of carbonyl (C=O) groups is 1. The summed E-state index contributed by atoms with van der Waals surface area (Å²) in [6.07, 6.45) is 9.45. The Morgan fingerprint density at radius 3 is 2.66 bits per heavy atom. The molecule has 0 aliphatic rings. The molecule has 2 heterocycles. The van der Waals surface area contributed by atoms with Crippen molar-refractivity contribution in [2.24, 2.45) is 0 Å². The number of ether oxygens (including phenoxy) is 2. The summed E-state index contributed by atoms with van der Waals surface area (Å²) >= 11 is 0. The molecule has 0 aliphatic carbocycles. The van der Waals surface area contributed by atoms with Gasteiger partial charge in [-0.3, -0.25) is 4.79 Å².